The Morgan fingerprint density at radius 2 is 1.52 bits per heavy atom. The first-order valence-electron chi connectivity index (χ1n) is 9.29. The molecule has 0 spiro atoms. The normalized spacial score (nSPS) is 12.0. The zero-order valence-corrected chi connectivity index (χ0v) is 15.3. The molecule has 0 aliphatic heterocycles. The fraction of sp³-hybridized carbons (Fsp3) is 0.125. The average Bonchev–Trinajstić information content (AvgIpc) is 3.13. The summed E-state index contributed by atoms with van der Waals surface area (Å²) >= 11 is 0. The number of carbonyl (C=O) groups is 1. The molecule has 0 aliphatic carbocycles. The number of aromatic nitrogens is 1. The van der Waals surface area contributed by atoms with E-state index in [-0.39, 0.29) is 11.9 Å². The van der Waals surface area contributed by atoms with Crippen LogP contribution in [0, 0.1) is 0 Å². The molecule has 3 heteroatoms. The van der Waals surface area contributed by atoms with E-state index in [0.29, 0.717) is 5.56 Å². The molecule has 0 aliphatic rings. The van der Waals surface area contributed by atoms with Crippen LogP contribution in [0.2, 0.25) is 0 Å². The van der Waals surface area contributed by atoms with E-state index in [0.717, 1.165) is 28.6 Å². The van der Waals surface area contributed by atoms with Gasteiger partial charge in [0.15, 0.2) is 0 Å². The zero-order valence-electron chi connectivity index (χ0n) is 15.3. The summed E-state index contributed by atoms with van der Waals surface area (Å²) < 4.78 is 2.08. The SMILES string of the molecule is CC[C@@H](NC(=O)c1cn(-c2ccccc2)c2ccccc12)c1ccccc1. The van der Waals surface area contributed by atoms with Crippen molar-refractivity contribution < 1.29 is 4.79 Å². The molecule has 4 aromatic rings. The second-order valence-corrected chi connectivity index (χ2v) is 6.61. The van der Waals surface area contributed by atoms with Crippen molar-refractivity contribution in [2.45, 2.75) is 19.4 Å². The van der Waals surface area contributed by atoms with Crippen LogP contribution in [0.3, 0.4) is 0 Å². The van der Waals surface area contributed by atoms with Crippen LogP contribution in [0.5, 0.6) is 0 Å². The number of amides is 1. The number of nitrogens with one attached hydrogen (secondary N) is 1. The molecule has 1 heterocycles. The molecule has 1 N–H and O–H groups in total. The molecule has 1 aromatic heterocycles. The molecule has 3 aromatic carbocycles. The van der Waals surface area contributed by atoms with Crippen molar-refractivity contribution in [1.29, 1.82) is 0 Å². The molecule has 0 unspecified atom stereocenters. The van der Waals surface area contributed by atoms with Crippen molar-refractivity contribution in [2.24, 2.45) is 0 Å². The van der Waals surface area contributed by atoms with Gasteiger partial charge in [0, 0.05) is 17.3 Å². The number of nitrogens with zero attached hydrogens (tertiary/aromatic N) is 1. The molecule has 1 atom stereocenters. The lowest BCUT2D eigenvalue weighted by molar-refractivity contribution is 0.0937. The minimum Gasteiger partial charge on any atom is -0.345 e. The van der Waals surface area contributed by atoms with Crippen LogP contribution in [0.4, 0.5) is 0 Å². The highest BCUT2D eigenvalue weighted by Crippen LogP contribution is 2.26. The van der Waals surface area contributed by atoms with Gasteiger partial charge in [0.25, 0.3) is 5.91 Å². The third kappa shape index (κ3) is 3.36. The summed E-state index contributed by atoms with van der Waals surface area (Å²) in [4.78, 5) is 13.1. The highest BCUT2D eigenvalue weighted by atomic mass is 16.1. The van der Waals surface area contributed by atoms with E-state index in [1.165, 1.54) is 0 Å². The van der Waals surface area contributed by atoms with Gasteiger partial charge in [-0.05, 0) is 30.2 Å². The summed E-state index contributed by atoms with van der Waals surface area (Å²) in [7, 11) is 0. The first-order valence-corrected chi connectivity index (χ1v) is 9.29. The van der Waals surface area contributed by atoms with Gasteiger partial charge >= 0.3 is 0 Å². The topological polar surface area (TPSA) is 34.0 Å². The lowest BCUT2D eigenvalue weighted by Crippen LogP contribution is -2.28. The molecule has 4 rings (SSSR count). The number of fused-ring (bicyclic) bond motifs is 1. The molecule has 3 nitrogen and oxygen atoms in total. The maximum atomic E-state index is 13.1. The van der Waals surface area contributed by atoms with Crippen molar-refractivity contribution in [3.8, 4) is 5.69 Å². The van der Waals surface area contributed by atoms with Crippen LogP contribution >= 0.6 is 0 Å². The van der Waals surface area contributed by atoms with Crippen molar-refractivity contribution in [3.05, 3.63) is 102 Å². The molecular weight excluding hydrogens is 332 g/mol. The Kier molecular flexibility index (Phi) is 4.75. The Morgan fingerprint density at radius 1 is 0.889 bits per heavy atom. The van der Waals surface area contributed by atoms with Gasteiger partial charge in [0.2, 0.25) is 0 Å². The van der Waals surface area contributed by atoms with E-state index in [1.54, 1.807) is 0 Å². The lowest BCUT2D eigenvalue weighted by Gasteiger charge is -2.17. The minimum atomic E-state index is -0.0448. The Balaban J connectivity index is 1.72. The molecular formula is C24H22N2O. The van der Waals surface area contributed by atoms with Gasteiger partial charge < -0.3 is 9.88 Å². The number of benzene rings is 3. The van der Waals surface area contributed by atoms with Crippen LogP contribution < -0.4 is 5.32 Å². The summed E-state index contributed by atoms with van der Waals surface area (Å²) in [5, 5.41) is 4.16. The maximum absolute atomic E-state index is 13.1. The number of hydrogen-bond donors (Lipinski definition) is 1. The van der Waals surface area contributed by atoms with Crippen molar-refractivity contribution in [1.82, 2.24) is 9.88 Å². The molecule has 0 bridgehead atoms. The summed E-state index contributed by atoms with van der Waals surface area (Å²) in [5.74, 6) is -0.0448. The number of hydrogen-bond acceptors (Lipinski definition) is 1. The number of para-hydroxylation sites is 2. The number of carbonyl (C=O) groups excluding carboxylic acids is 1. The Labute approximate surface area is 159 Å². The maximum Gasteiger partial charge on any atom is 0.253 e. The fourth-order valence-corrected chi connectivity index (χ4v) is 3.51. The van der Waals surface area contributed by atoms with E-state index in [1.807, 2.05) is 79.0 Å². The van der Waals surface area contributed by atoms with Gasteiger partial charge in [0.05, 0.1) is 17.1 Å². The monoisotopic (exact) mass is 354 g/mol. The Morgan fingerprint density at radius 3 is 2.22 bits per heavy atom. The van der Waals surface area contributed by atoms with E-state index in [4.69, 9.17) is 0 Å². The molecule has 0 radical (unpaired) electrons. The van der Waals surface area contributed by atoms with Crippen molar-refractivity contribution in [2.75, 3.05) is 0 Å². The van der Waals surface area contributed by atoms with Crippen LogP contribution in [-0.4, -0.2) is 10.5 Å². The largest absolute Gasteiger partial charge is 0.345 e. The predicted molar refractivity (Wildman–Crippen MR) is 110 cm³/mol. The third-order valence-electron chi connectivity index (χ3n) is 4.91. The van der Waals surface area contributed by atoms with Gasteiger partial charge in [0.1, 0.15) is 0 Å². The lowest BCUT2D eigenvalue weighted by atomic mass is 10.0. The summed E-state index contributed by atoms with van der Waals surface area (Å²) in [6.45, 7) is 2.09. The molecule has 134 valence electrons. The smallest absolute Gasteiger partial charge is 0.253 e. The molecule has 0 saturated heterocycles. The fourth-order valence-electron chi connectivity index (χ4n) is 3.51. The highest BCUT2D eigenvalue weighted by Gasteiger charge is 2.19. The second kappa shape index (κ2) is 7.50. The standard InChI is InChI=1S/C24H22N2O/c1-2-22(18-11-5-3-6-12-18)25-24(27)21-17-26(19-13-7-4-8-14-19)23-16-10-9-15-20(21)23/h3-17,22H,2H2,1H3,(H,25,27)/t22-/m1/s1. The summed E-state index contributed by atoms with van der Waals surface area (Å²) in [5.41, 5.74) is 3.90. The van der Waals surface area contributed by atoms with E-state index < -0.39 is 0 Å². The minimum absolute atomic E-state index is 0.00228. The van der Waals surface area contributed by atoms with Crippen molar-refractivity contribution >= 4 is 16.8 Å². The van der Waals surface area contributed by atoms with Gasteiger partial charge in [-0.1, -0.05) is 73.7 Å². The van der Waals surface area contributed by atoms with E-state index in [2.05, 4.69) is 28.9 Å². The summed E-state index contributed by atoms with van der Waals surface area (Å²) in [6, 6.07) is 28.3. The van der Waals surface area contributed by atoms with Crippen LogP contribution in [0.15, 0.2) is 91.1 Å². The second-order valence-electron chi connectivity index (χ2n) is 6.61. The first-order chi connectivity index (χ1) is 13.3. The van der Waals surface area contributed by atoms with Gasteiger partial charge in [-0.15, -0.1) is 0 Å². The van der Waals surface area contributed by atoms with Gasteiger partial charge in [-0.2, -0.15) is 0 Å². The molecule has 0 fully saturated rings. The van der Waals surface area contributed by atoms with E-state index in [9.17, 15) is 4.79 Å². The van der Waals surface area contributed by atoms with Crippen LogP contribution in [-0.2, 0) is 0 Å². The highest BCUT2D eigenvalue weighted by molar-refractivity contribution is 6.07. The molecule has 1 amide bonds. The summed E-state index contributed by atoms with van der Waals surface area (Å²) in [6.07, 6.45) is 2.78. The van der Waals surface area contributed by atoms with Crippen LogP contribution in [0.1, 0.15) is 35.3 Å². The predicted octanol–water partition coefficient (Wildman–Crippen LogP) is 5.51. The van der Waals surface area contributed by atoms with E-state index >= 15 is 0 Å². The first kappa shape index (κ1) is 17.1. The van der Waals surface area contributed by atoms with Gasteiger partial charge in [-0.3, -0.25) is 4.79 Å². The van der Waals surface area contributed by atoms with Crippen LogP contribution in [0.25, 0.3) is 16.6 Å². The quantitative estimate of drug-likeness (QED) is 0.504. The Hall–Kier alpha value is -3.33. The average molecular weight is 354 g/mol. The number of rotatable bonds is 5. The zero-order chi connectivity index (χ0) is 18.6. The molecule has 27 heavy (non-hydrogen) atoms. The van der Waals surface area contributed by atoms with Gasteiger partial charge in [-0.25, -0.2) is 0 Å². The van der Waals surface area contributed by atoms with Crippen molar-refractivity contribution in [3.63, 3.8) is 0 Å². The molecule has 0 saturated carbocycles. The Bertz CT molecular complexity index is 1050. The third-order valence-corrected chi connectivity index (χ3v) is 4.91.